The predicted molar refractivity (Wildman–Crippen MR) is 88.8 cm³/mol. The standard InChI is InChI=1S/C16H26N2O4S/c1-15(2,3)11-23(20,21)13-8-7-12(9-17-13)10-18-14(19)22-16(4,5)6/h7-9H,10-11H2,1-6H3,(H,18,19). The SMILES string of the molecule is CC(C)(C)CS(=O)(=O)c1ccc(CNC(=O)OC(C)(C)C)cn1. The summed E-state index contributed by atoms with van der Waals surface area (Å²) in [4.78, 5) is 15.6. The van der Waals surface area contributed by atoms with Crippen LogP contribution in [-0.2, 0) is 21.1 Å². The number of pyridine rings is 1. The van der Waals surface area contributed by atoms with Crippen LogP contribution in [0.3, 0.4) is 0 Å². The molecule has 0 aliphatic heterocycles. The largest absolute Gasteiger partial charge is 0.444 e. The highest BCUT2D eigenvalue weighted by Crippen LogP contribution is 2.20. The Morgan fingerprint density at radius 1 is 1.17 bits per heavy atom. The average Bonchev–Trinajstić information content (AvgIpc) is 2.32. The summed E-state index contributed by atoms with van der Waals surface area (Å²) in [7, 11) is -3.41. The Labute approximate surface area is 138 Å². The minimum atomic E-state index is -3.41. The van der Waals surface area contributed by atoms with Gasteiger partial charge in [-0.3, -0.25) is 0 Å². The second-order valence-electron chi connectivity index (χ2n) is 7.68. The third-order valence-electron chi connectivity index (χ3n) is 2.58. The van der Waals surface area contributed by atoms with Gasteiger partial charge in [-0.1, -0.05) is 26.8 Å². The molecule has 0 aliphatic carbocycles. The summed E-state index contributed by atoms with van der Waals surface area (Å²) < 4.78 is 29.6. The molecule has 0 saturated heterocycles. The quantitative estimate of drug-likeness (QED) is 0.909. The Morgan fingerprint density at radius 2 is 1.78 bits per heavy atom. The summed E-state index contributed by atoms with van der Waals surface area (Å²) in [5, 5.41) is 2.65. The van der Waals surface area contributed by atoms with E-state index in [1.54, 1.807) is 26.8 Å². The van der Waals surface area contributed by atoms with E-state index in [0.717, 1.165) is 0 Å². The molecule has 1 heterocycles. The van der Waals surface area contributed by atoms with Crippen LogP contribution in [0.2, 0.25) is 0 Å². The Hall–Kier alpha value is -1.63. The van der Waals surface area contributed by atoms with Crippen molar-refractivity contribution in [3.05, 3.63) is 23.9 Å². The molecule has 0 aromatic carbocycles. The molecule has 7 heteroatoms. The van der Waals surface area contributed by atoms with E-state index in [0.29, 0.717) is 5.56 Å². The Morgan fingerprint density at radius 3 is 2.22 bits per heavy atom. The topological polar surface area (TPSA) is 85.4 Å². The number of alkyl carbamates (subject to hydrolysis) is 1. The van der Waals surface area contributed by atoms with Gasteiger partial charge in [-0.25, -0.2) is 18.2 Å². The second-order valence-corrected chi connectivity index (χ2v) is 9.62. The molecular formula is C16H26N2O4S. The summed E-state index contributed by atoms with van der Waals surface area (Å²) in [5.41, 5.74) is -0.199. The number of sulfone groups is 1. The van der Waals surface area contributed by atoms with Crippen LogP contribution in [-0.4, -0.2) is 30.8 Å². The van der Waals surface area contributed by atoms with Gasteiger partial charge in [0.05, 0.1) is 5.75 Å². The summed E-state index contributed by atoms with van der Waals surface area (Å²) in [6.07, 6.45) is 0.925. The number of carbonyl (C=O) groups excluding carboxylic acids is 1. The molecule has 1 aromatic rings. The van der Waals surface area contributed by atoms with Gasteiger partial charge in [0.25, 0.3) is 0 Å². The van der Waals surface area contributed by atoms with E-state index >= 15 is 0 Å². The normalized spacial score (nSPS) is 12.8. The van der Waals surface area contributed by atoms with E-state index in [2.05, 4.69) is 10.3 Å². The fraction of sp³-hybridized carbons (Fsp3) is 0.625. The molecule has 0 fully saturated rings. The number of carbonyl (C=O) groups is 1. The highest BCUT2D eigenvalue weighted by Gasteiger charge is 2.24. The molecular weight excluding hydrogens is 316 g/mol. The van der Waals surface area contributed by atoms with Gasteiger partial charge in [0.2, 0.25) is 0 Å². The maximum absolute atomic E-state index is 12.2. The van der Waals surface area contributed by atoms with Crippen molar-refractivity contribution in [3.8, 4) is 0 Å². The molecule has 1 amide bonds. The first-order chi connectivity index (χ1) is 10.3. The number of ether oxygens (including phenoxy) is 1. The van der Waals surface area contributed by atoms with Gasteiger partial charge >= 0.3 is 6.09 Å². The molecule has 0 atom stereocenters. The van der Waals surface area contributed by atoms with Crippen LogP contribution in [0, 0.1) is 5.41 Å². The molecule has 0 radical (unpaired) electrons. The van der Waals surface area contributed by atoms with Crippen molar-refractivity contribution in [1.82, 2.24) is 10.3 Å². The molecule has 1 rings (SSSR count). The van der Waals surface area contributed by atoms with Crippen molar-refractivity contribution in [2.24, 2.45) is 5.41 Å². The van der Waals surface area contributed by atoms with E-state index < -0.39 is 21.5 Å². The van der Waals surface area contributed by atoms with Crippen LogP contribution in [0.25, 0.3) is 0 Å². The van der Waals surface area contributed by atoms with Crippen LogP contribution >= 0.6 is 0 Å². The lowest BCUT2D eigenvalue weighted by Gasteiger charge is -2.19. The highest BCUT2D eigenvalue weighted by atomic mass is 32.2. The zero-order valence-corrected chi connectivity index (χ0v) is 15.5. The van der Waals surface area contributed by atoms with Crippen molar-refractivity contribution in [3.63, 3.8) is 0 Å². The maximum atomic E-state index is 12.2. The van der Waals surface area contributed by atoms with Crippen molar-refractivity contribution >= 4 is 15.9 Å². The first-order valence-corrected chi connectivity index (χ1v) is 9.08. The number of nitrogens with one attached hydrogen (secondary N) is 1. The van der Waals surface area contributed by atoms with Gasteiger partial charge in [0.15, 0.2) is 14.9 Å². The van der Waals surface area contributed by atoms with Gasteiger partial charge in [0, 0.05) is 12.7 Å². The van der Waals surface area contributed by atoms with E-state index in [1.165, 1.54) is 12.3 Å². The van der Waals surface area contributed by atoms with Gasteiger partial charge < -0.3 is 10.1 Å². The third kappa shape index (κ3) is 7.45. The zero-order chi connectivity index (χ0) is 17.9. The molecule has 0 unspecified atom stereocenters. The fourth-order valence-corrected chi connectivity index (χ4v) is 3.61. The van der Waals surface area contributed by atoms with Gasteiger partial charge in [-0.15, -0.1) is 0 Å². The first kappa shape index (κ1) is 19.4. The van der Waals surface area contributed by atoms with Crippen molar-refractivity contribution in [2.75, 3.05) is 5.75 Å². The molecule has 6 nitrogen and oxygen atoms in total. The predicted octanol–water partition coefficient (Wildman–Crippen LogP) is 2.93. The summed E-state index contributed by atoms with van der Waals surface area (Å²) in [6, 6.07) is 3.10. The molecule has 1 N–H and O–H groups in total. The van der Waals surface area contributed by atoms with Crippen LogP contribution < -0.4 is 5.32 Å². The highest BCUT2D eigenvalue weighted by molar-refractivity contribution is 7.91. The molecule has 130 valence electrons. The number of rotatable bonds is 4. The Balaban J connectivity index is 2.69. The van der Waals surface area contributed by atoms with E-state index in [-0.39, 0.29) is 22.7 Å². The Bertz CT molecular complexity index is 638. The molecule has 0 aliphatic rings. The Kier molecular flexibility index (Phi) is 5.79. The van der Waals surface area contributed by atoms with Gasteiger partial charge in [-0.2, -0.15) is 0 Å². The van der Waals surface area contributed by atoms with Crippen molar-refractivity contribution < 1.29 is 17.9 Å². The lowest BCUT2D eigenvalue weighted by atomic mass is 10.0. The lowest BCUT2D eigenvalue weighted by molar-refractivity contribution is 0.0523. The first-order valence-electron chi connectivity index (χ1n) is 7.43. The molecule has 0 bridgehead atoms. The number of amides is 1. The molecule has 23 heavy (non-hydrogen) atoms. The van der Waals surface area contributed by atoms with Crippen LogP contribution in [0.1, 0.15) is 47.1 Å². The number of nitrogens with zero attached hydrogens (tertiary/aromatic N) is 1. The van der Waals surface area contributed by atoms with Gasteiger partial charge in [0.1, 0.15) is 5.60 Å². The van der Waals surface area contributed by atoms with Crippen molar-refractivity contribution in [1.29, 1.82) is 0 Å². The monoisotopic (exact) mass is 342 g/mol. The minimum absolute atomic E-state index is 0.0303. The summed E-state index contributed by atoms with van der Waals surface area (Å²) in [5.74, 6) is 0.0303. The number of aromatic nitrogens is 1. The smallest absolute Gasteiger partial charge is 0.407 e. The summed E-state index contributed by atoms with van der Waals surface area (Å²) >= 11 is 0. The molecule has 0 saturated carbocycles. The maximum Gasteiger partial charge on any atom is 0.407 e. The van der Waals surface area contributed by atoms with Crippen LogP contribution in [0.5, 0.6) is 0 Å². The van der Waals surface area contributed by atoms with E-state index in [9.17, 15) is 13.2 Å². The zero-order valence-electron chi connectivity index (χ0n) is 14.6. The van der Waals surface area contributed by atoms with E-state index in [4.69, 9.17) is 4.74 Å². The third-order valence-corrected chi connectivity index (χ3v) is 4.70. The second kappa shape index (κ2) is 6.86. The van der Waals surface area contributed by atoms with E-state index in [1.807, 2.05) is 20.8 Å². The summed E-state index contributed by atoms with van der Waals surface area (Å²) in [6.45, 7) is 11.2. The average molecular weight is 342 g/mol. The fourth-order valence-electron chi connectivity index (χ4n) is 1.83. The van der Waals surface area contributed by atoms with Crippen LogP contribution in [0.4, 0.5) is 4.79 Å². The number of hydrogen-bond acceptors (Lipinski definition) is 5. The lowest BCUT2D eigenvalue weighted by Crippen LogP contribution is -2.32. The van der Waals surface area contributed by atoms with Crippen molar-refractivity contribution in [2.45, 2.75) is 58.7 Å². The molecule has 1 aromatic heterocycles. The van der Waals surface area contributed by atoms with Crippen LogP contribution in [0.15, 0.2) is 23.4 Å². The molecule has 0 spiro atoms. The number of hydrogen-bond donors (Lipinski definition) is 1. The minimum Gasteiger partial charge on any atom is -0.444 e. The van der Waals surface area contributed by atoms with Gasteiger partial charge in [-0.05, 0) is 37.8 Å².